The summed E-state index contributed by atoms with van der Waals surface area (Å²) in [5, 5.41) is 12.5. The van der Waals surface area contributed by atoms with E-state index in [0.717, 1.165) is 41.4 Å². The van der Waals surface area contributed by atoms with Crippen LogP contribution >= 0.6 is 0 Å². The molecule has 1 N–H and O–H groups in total. The third-order valence-corrected chi connectivity index (χ3v) is 14.2. The van der Waals surface area contributed by atoms with Crippen LogP contribution in [0.2, 0.25) is 0 Å². The van der Waals surface area contributed by atoms with Gasteiger partial charge in [0.05, 0.1) is 11.7 Å². The molecule has 3 saturated carbocycles. The van der Waals surface area contributed by atoms with E-state index in [0.29, 0.717) is 31.3 Å². The smallest absolute Gasteiger partial charge is 0.316 e. The van der Waals surface area contributed by atoms with Crippen molar-refractivity contribution in [1.29, 1.82) is 0 Å². The van der Waals surface area contributed by atoms with Crippen molar-refractivity contribution in [2.24, 2.45) is 34.0 Å². The number of alkyl halides is 1. The highest BCUT2D eigenvalue weighted by Crippen LogP contribution is 2.71. The first-order valence-electron chi connectivity index (χ1n) is 18.9. The minimum atomic E-state index is -3.99. The van der Waals surface area contributed by atoms with Gasteiger partial charge in [-0.2, -0.15) is 8.42 Å². The molecule has 290 valence electrons. The van der Waals surface area contributed by atoms with E-state index in [2.05, 4.69) is 0 Å². The first kappa shape index (κ1) is 41.0. The van der Waals surface area contributed by atoms with Gasteiger partial charge in [-0.25, -0.2) is 4.39 Å². The van der Waals surface area contributed by atoms with Gasteiger partial charge in [-0.3, -0.25) is 18.6 Å². The Kier molecular flexibility index (Phi) is 11.2. The van der Waals surface area contributed by atoms with Gasteiger partial charge in [0.25, 0.3) is 10.1 Å². The topological polar surface area (TPSA) is 124 Å². The lowest BCUT2D eigenvalue weighted by Gasteiger charge is -2.63. The molecule has 0 aromatic rings. The van der Waals surface area contributed by atoms with Gasteiger partial charge in [-0.1, -0.05) is 78.7 Å². The molecule has 0 aliphatic heterocycles. The van der Waals surface area contributed by atoms with Crippen LogP contribution in [0.3, 0.4) is 0 Å². The molecule has 0 amide bonds. The monoisotopic (exact) mass is 752 g/mol. The summed E-state index contributed by atoms with van der Waals surface area (Å²) >= 11 is 0. The highest BCUT2D eigenvalue weighted by Gasteiger charge is 2.76. The van der Waals surface area contributed by atoms with Crippen molar-refractivity contribution in [2.75, 3.05) is 12.9 Å². The fraction of sp³-hybridized carbons (Fsp3) is 0.605. The quantitative estimate of drug-likeness (QED) is 0.136. The molecular formula is C43H57FO8S. The van der Waals surface area contributed by atoms with Crippen LogP contribution in [-0.2, 0) is 33.4 Å². The lowest BCUT2D eigenvalue weighted by atomic mass is 9.44. The van der Waals surface area contributed by atoms with Gasteiger partial charge in [0.2, 0.25) is 0 Å². The zero-order chi connectivity index (χ0) is 39.4. The second kappa shape index (κ2) is 14.5. The van der Waals surface area contributed by atoms with Gasteiger partial charge in [0.1, 0.15) is 18.3 Å². The van der Waals surface area contributed by atoms with E-state index >= 15 is 4.39 Å². The first-order valence-corrected chi connectivity index (χ1v) is 20.7. The van der Waals surface area contributed by atoms with Crippen molar-refractivity contribution in [3.63, 3.8) is 0 Å². The van der Waals surface area contributed by atoms with Crippen LogP contribution in [0.1, 0.15) is 100 Å². The molecule has 9 atom stereocenters. The van der Waals surface area contributed by atoms with Crippen molar-refractivity contribution >= 4 is 27.7 Å². The maximum atomic E-state index is 18.9. The van der Waals surface area contributed by atoms with E-state index in [1.165, 1.54) is 12.2 Å². The molecule has 3 fully saturated rings. The summed E-state index contributed by atoms with van der Waals surface area (Å²) in [7, 11) is -3.99. The number of Topliss-reactive ketones (excluding diaryl/α,β-unsaturated/α-hetero) is 1. The average molecular weight is 753 g/mol. The Hall–Kier alpha value is -3.21. The maximum absolute atomic E-state index is 18.9. The fourth-order valence-corrected chi connectivity index (χ4v) is 10.8. The molecule has 5 aliphatic carbocycles. The molecular weight excluding hydrogens is 696 g/mol. The zero-order valence-corrected chi connectivity index (χ0v) is 33.6. The molecule has 5 rings (SSSR count). The molecule has 0 aromatic heterocycles. The molecule has 0 aromatic carbocycles. The van der Waals surface area contributed by atoms with Crippen molar-refractivity contribution < 1.29 is 41.2 Å². The Morgan fingerprint density at radius 2 is 1.79 bits per heavy atom. The SMILES string of the molecule is CC=C(C)C=CC=C(C)C=CC1=C(C)CCCC1(C)C(=O)O[C@H]1C[C@@]2(C)[C@@H](C[C@@H](C)[C@]2(O)C(=O)COS(C)(=O)=O)[C@@H]2CCC3=CC(=O)C=C[C@]3(C)[C@@]12F. The van der Waals surface area contributed by atoms with Crippen molar-refractivity contribution in [3.8, 4) is 0 Å². The summed E-state index contributed by atoms with van der Waals surface area (Å²) in [6.07, 6.45) is 18.7. The standard InChI is InChI=1S/C43H57FO8S/c1-10-27(2)13-11-14-28(3)16-18-33-29(4)15-12-21-39(33,6)38(47)52-37-25-41(8)35(23-30(5)43(41,48)36(46)26-51-53(9,49)50)34-19-17-31-24-32(45)20-22-40(31,7)42(34,37)44/h10-11,13-14,16,18,20,22,24,30,34-35,37,48H,12,15,17,19,21,23,25-26H2,1-9H3/t30-,34+,35+,37+,39?,40+,41+,42+,43+/m1/s1. The highest BCUT2D eigenvalue weighted by molar-refractivity contribution is 7.86. The predicted molar refractivity (Wildman–Crippen MR) is 204 cm³/mol. The van der Waals surface area contributed by atoms with Crippen LogP contribution in [0.5, 0.6) is 0 Å². The maximum Gasteiger partial charge on any atom is 0.316 e. The molecule has 0 radical (unpaired) electrons. The van der Waals surface area contributed by atoms with E-state index in [4.69, 9.17) is 8.92 Å². The van der Waals surface area contributed by atoms with Crippen molar-refractivity contribution in [2.45, 2.75) is 118 Å². The predicted octanol–water partition coefficient (Wildman–Crippen LogP) is 7.96. The zero-order valence-electron chi connectivity index (χ0n) is 32.8. The summed E-state index contributed by atoms with van der Waals surface area (Å²) in [5.74, 6) is -3.53. The Morgan fingerprint density at radius 3 is 2.45 bits per heavy atom. The number of esters is 1. The first-order chi connectivity index (χ1) is 24.6. The van der Waals surface area contributed by atoms with Crippen LogP contribution in [0.15, 0.2) is 82.5 Å². The number of carbonyl (C=O) groups excluding carboxylic acids is 3. The number of halogens is 1. The number of hydrogen-bond donors (Lipinski definition) is 1. The molecule has 0 saturated heterocycles. The summed E-state index contributed by atoms with van der Waals surface area (Å²) in [6.45, 7) is 14.2. The number of aliphatic hydroxyl groups is 1. The van der Waals surface area contributed by atoms with E-state index in [9.17, 15) is 27.9 Å². The number of fused-ring (bicyclic) bond motifs is 5. The molecule has 53 heavy (non-hydrogen) atoms. The Morgan fingerprint density at radius 1 is 1.09 bits per heavy atom. The van der Waals surface area contributed by atoms with Crippen LogP contribution < -0.4 is 0 Å². The second-order valence-electron chi connectivity index (χ2n) is 17.0. The van der Waals surface area contributed by atoms with Crippen LogP contribution in [-0.4, -0.2) is 61.3 Å². The summed E-state index contributed by atoms with van der Waals surface area (Å²) < 4.78 is 54.1. The number of hydrogen-bond acceptors (Lipinski definition) is 8. The molecule has 0 spiro atoms. The average Bonchev–Trinajstić information content (AvgIpc) is 3.28. The van der Waals surface area contributed by atoms with Gasteiger partial charge < -0.3 is 9.84 Å². The van der Waals surface area contributed by atoms with Gasteiger partial charge >= 0.3 is 5.97 Å². The number of carbonyl (C=O) groups is 3. The fourth-order valence-electron chi connectivity index (χ4n) is 10.5. The normalized spacial score (nSPS) is 39.2. The van der Waals surface area contributed by atoms with Gasteiger partial charge in [0, 0.05) is 16.7 Å². The van der Waals surface area contributed by atoms with E-state index < -0.39 is 79.9 Å². The second-order valence-corrected chi connectivity index (χ2v) is 18.6. The number of rotatable bonds is 10. The number of allylic oxidation sites excluding steroid dienone is 13. The number of ketones is 2. The highest BCUT2D eigenvalue weighted by atomic mass is 32.2. The summed E-state index contributed by atoms with van der Waals surface area (Å²) in [6, 6.07) is 0. The largest absolute Gasteiger partial charge is 0.458 e. The Balaban J connectivity index is 1.58. The van der Waals surface area contributed by atoms with E-state index in [-0.39, 0.29) is 12.2 Å². The molecule has 0 bridgehead atoms. The minimum Gasteiger partial charge on any atom is -0.458 e. The van der Waals surface area contributed by atoms with Gasteiger partial charge in [0.15, 0.2) is 17.2 Å². The van der Waals surface area contributed by atoms with Crippen molar-refractivity contribution in [1.82, 2.24) is 0 Å². The van der Waals surface area contributed by atoms with Gasteiger partial charge in [-0.15, -0.1) is 0 Å². The summed E-state index contributed by atoms with van der Waals surface area (Å²) in [4.78, 5) is 41.2. The minimum absolute atomic E-state index is 0.184. The van der Waals surface area contributed by atoms with Crippen LogP contribution in [0.25, 0.3) is 0 Å². The van der Waals surface area contributed by atoms with Crippen LogP contribution in [0, 0.1) is 34.0 Å². The third-order valence-electron chi connectivity index (χ3n) is 13.7. The molecule has 8 nitrogen and oxygen atoms in total. The Labute approximate surface area is 315 Å². The molecule has 10 heteroatoms. The molecule has 0 heterocycles. The Bertz CT molecular complexity index is 1880. The molecule has 5 aliphatic rings. The lowest BCUT2D eigenvalue weighted by molar-refractivity contribution is -0.233. The van der Waals surface area contributed by atoms with Crippen molar-refractivity contribution in [3.05, 3.63) is 82.5 Å². The summed E-state index contributed by atoms with van der Waals surface area (Å²) in [5.41, 5.74) is -3.32. The van der Waals surface area contributed by atoms with E-state index in [1.54, 1.807) is 26.8 Å². The van der Waals surface area contributed by atoms with Gasteiger partial charge in [-0.05, 0) is 116 Å². The number of ether oxygens (including phenoxy) is 1. The lowest BCUT2D eigenvalue weighted by Crippen LogP contribution is -2.70. The molecule has 1 unspecified atom stereocenters. The van der Waals surface area contributed by atoms with E-state index in [1.807, 2.05) is 71.1 Å². The van der Waals surface area contributed by atoms with Crippen LogP contribution in [0.4, 0.5) is 4.39 Å². The third kappa shape index (κ3) is 6.86.